The van der Waals surface area contributed by atoms with Crippen molar-refractivity contribution in [3.05, 3.63) is 40.1 Å². The van der Waals surface area contributed by atoms with E-state index in [1.165, 1.54) is 33.6 Å². The minimum Gasteiger partial charge on any atom is -0.338 e. The second kappa shape index (κ2) is 8.97. The number of amides is 2. The van der Waals surface area contributed by atoms with E-state index in [1.54, 1.807) is 13.8 Å². The minimum atomic E-state index is 0.138. The van der Waals surface area contributed by atoms with Crippen LogP contribution in [0.3, 0.4) is 0 Å². The third kappa shape index (κ3) is 4.01. The van der Waals surface area contributed by atoms with Gasteiger partial charge in [-0.1, -0.05) is 6.07 Å². The van der Waals surface area contributed by atoms with Crippen molar-refractivity contribution in [3.8, 4) is 0 Å². The number of anilines is 2. The SMILES string of the molecule is CC(=O)N1CCc2cc3c(cc2C1)CCCN3c1nn(C2CCNCC2)c2c1CN(C(C)=O)CC2. The summed E-state index contributed by atoms with van der Waals surface area (Å²) in [6.45, 7) is 9.27. The standard InChI is InChI=1S/C27H36N6O2/c1-18(34)30-12-7-20-15-26-21(14-22(20)16-30)4-3-11-32(26)27-24-17-31(19(2)35)13-8-25(24)33(29-27)23-5-9-28-10-6-23/h14-15,23,28H,3-13,16-17H2,1-2H3. The van der Waals surface area contributed by atoms with E-state index in [-0.39, 0.29) is 11.8 Å². The van der Waals surface area contributed by atoms with E-state index in [0.717, 1.165) is 77.1 Å². The van der Waals surface area contributed by atoms with Gasteiger partial charge < -0.3 is 20.0 Å². The highest BCUT2D eigenvalue weighted by Gasteiger charge is 2.33. The molecule has 0 atom stereocenters. The molecule has 8 heteroatoms. The Morgan fingerprint density at radius 3 is 2.40 bits per heavy atom. The Morgan fingerprint density at radius 2 is 1.63 bits per heavy atom. The van der Waals surface area contributed by atoms with E-state index in [0.29, 0.717) is 19.1 Å². The summed E-state index contributed by atoms with van der Waals surface area (Å²) in [6, 6.07) is 5.13. The second-order valence-electron chi connectivity index (χ2n) is 10.6. The number of hydrogen-bond acceptors (Lipinski definition) is 5. The number of hydrogen-bond donors (Lipinski definition) is 1. The van der Waals surface area contributed by atoms with Gasteiger partial charge in [0.25, 0.3) is 0 Å². The van der Waals surface area contributed by atoms with Gasteiger partial charge in [0.15, 0.2) is 5.82 Å². The average Bonchev–Trinajstić information content (AvgIpc) is 3.26. The molecule has 8 nitrogen and oxygen atoms in total. The molecule has 1 aromatic heterocycles. The van der Waals surface area contributed by atoms with Crippen LogP contribution in [0.2, 0.25) is 0 Å². The molecular formula is C27H36N6O2. The van der Waals surface area contributed by atoms with Gasteiger partial charge in [0.1, 0.15) is 0 Å². The second-order valence-corrected chi connectivity index (χ2v) is 10.6. The smallest absolute Gasteiger partial charge is 0.219 e. The quantitative estimate of drug-likeness (QED) is 0.722. The predicted octanol–water partition coefficient (Wildman–Crippen LogP) is 2.70. The van der Waals surface area contributed by atoms with E-state index in [2.05, 4.69) is 27.0 Å². The molecule has 1 saturated heterocycles. The number of benzene rings is 1. The number of nitrogens with one attached hydrogen (secondary N) is 1. The molecule has 35 heavy (non-hydrogen) atoms. The zero-order valence-corrected chi connectivity index (χ0v) is 21.0. The van der Waals surface area contributed by atoms with Crippen LogP contribution in [0.25, 0.3) is 0 Å². The fourth-order valence-electron chi connectivity index (χ4n) is 6.40. The maximum Gasteiger partial charge on any atom is 0.219 e. The van der Waals surface area contributed by atoms with Crippen LogP contribution in [0.1, 0.15) is 67.1 Å². The van der Waals surface area contributed by atoms with Crippen molar-refractivity contribution in [2.75, 3.05) is 37.6 Å². The monoisotopic (exact) mass is 476 g/mol. The van der Waals surface area contributed by atoms with Crippen molar-refractivity contribution >= 4 is 23.3 Å². The Labute approximate surface area is 207 Å². The lowest BCUT2D eigenvalue weighted by Gasteiger charge is -2.35. The fraction of sp³-hybridized carbons (Fsp3) is 0.593. The molecule has 4 aliphatic heterocycles. The molecule has 0 unspecified atom stereocenters. The van der Waals surface area contributed by atoms with Gasteiger partial charge in [-0.3, -0.25) is 14.3 Å². The predicted molar refractivity (Wildman–Crippen MR) is 135 cm³/mol. The summed E-state index contributed by atoms with van der Waals surface area (Å²) in [4.78, 5) is 30.6. The molecule has 1 N–H and O–H groups in total. The van der Waals surface area contributed by atoms with Gasteiger partial charge >= 0.3 is 0 Å². The first kappa shape index (κ1) is 22.6. The highest BCUT2D eigenvalue weighted by Crippen LogP contribution is 2.41. The number of nitrogens with zero attached hydrogens (tertiary/aromatic N) is 5. The van der Waals surface area contributed by atoms with Gasteiger partial charge in [-0.25, -0.2) is 0 Å². The lowest BCUT2D eigenvalue weighted by Crippen LogP contribution is -2.36. The van der Waals surface area contributed by atoms with Crippen LogP contribution in [-0.4, -0.2) is 64.1 Å². The Bertz CT molecular complexity index is 1160. The van der Waals surface area contributed by atoms with Crippen molar-refractivity contribution in [1.82, 2.24) is 24.9 Å². The van der Waals surface area contributed by atoms with Gasteiger partial charge in [-0.15, -0.1) is 0 Å². The van der Waals surface area contributed by atoms with Gasteiger partial charge in [-0.2, -0.15) is 5.10 Å². The number of aryl methyl sites for hydroxylation is 1. The first-order valence-electron chi connectivity index (χ1n) is 13.2. The lowest BCUT2D eigenvalue weighted by molar-refractivity contribution is -0.130. The summed E-state index contributed by atoms with van der Waals surface area (Å²) in [5.41, 5.74) is 7.82. The first-order chi connectivity index (χ1) is 17.0. The van der Waals surface area contributed by atoms with Crippen LogP contribution in [0.5, 0.6) is 0 Å². The molecule has 0 aliphatic carbocycles. The first-order valence-corrected chi connectivity index (χ1v) is 13.2. The van der Waals surface area contributed by atoms with Crippen molar-refractivity contribution in [3.63, 3.8) is 0 Å². The minimum absolute atomic E-state index is 0.138. The number of fused-ring (bicyclic) bond motifs is 3. The number of carbonyl (C=O) groups is 2. The van der Waals surface area contributed by atoms with Gasteiger partial charge in [-0.05, 0) is 68.0 Å². The molecule has 4 aliphatic rings. The largest absolute Gasteiger partial charge is 0.338 e. The van der Waals surface area contributed by atoms with Gasteiger partial charge in [0.05, 0.1) is 12.6 Å². The van der Waals surface area contributed by atoms with Crippen molar-refractivity contribution in [2.24, 2.45) is 0 Å². The van der Waals surface area contributed by atoms with Crippen LogP contribution in [0.15, 0.2) is 12.1 Å². The van der Waals surface area contributed by atoms with Crippen LogP contribution in [-0.2, 0) is 41.9 Å². The van der Waals surface area contributed by atoms with E-state index in [1.807, 2.05) is 9.80 Å². The van der Waals surface area contributed by atoms with E-state index in [4.69, 9.17) is 5.10 Å². The van der Waals surface area contributed by atoms with Crippen molar-refractivity contribution in [2.45, 2.75) is 71.5 Å². The molecule has 2 aromatic rings. The van der Waals surface area contributed by atoms with Crippen LogP contribution < -0.4 is 10.2 Å². The molecule has 186 valence electrons. The number of aromatic nitrogens is 2. The molecular weight excluding hydrogens is 440 g/mol. The Hall–Kier alpha value is -2.87. The topological polar surface area (TPSA) is 73.7 Å². The maximum absolute atomic E-state index is 12.3. The number of piperidine rings is 1. The van der Waals surface area contributed by atoms with Crippen LogP contribution in [0, 0.1) is 0 Å². The highest BCUT2D eigenvalue weighted by atomic mass is 16.2. The molecule has 5 heterocycles. The number of carbonyl (C=O) groups excluding carboxylic acids is 2. The van der Waals surface area contributed by atoms with E-state index < -0.39 is 0 Å². The fourth-order valence-corrected chi connectivity index (χ4v) is 6.40. The maximum atomic E-state index is 12.3. The lowest BCUT2D eigenvalue weighted by atomic mass is 9.91. The van der Waals surface area contributed by atoms with Crippen molar-refractivity contribution in [1.29, 1.82) is 0 Å². The molecule has 0 radical (unpaired) electrons. The summed E-state index contributed by atoms with van der Waals surface area (Å²) in [6.07, 6.45) is 6.10. The van der Waals surface area contributed by atoms with Crippen LogP contribution in [0.4, 0.5) is 11.5 Å². The van der Waals surface area contributed by atoms with Gasteiger partial charge in [0.2, 0.25) is 11.8 Å². The Kier molecular flexibility index (Phi) is 5.79. The van der Waals surface area contributed by atoms with Crippen LogP contribution >= 0.6 is 0 Å². The molecule has 0 bridgehead atoms. The summed E-state index contributed by atoms with van der Waals surface area (Å²) in [5, 5.41) is 8.78. The normalized spacial score (nSPS) is 20.3. The summed E-state index contributed by atoms with van der Waals surface area (Å²) >= 11 is 0. The average molecular weight is 477 g/mol. The zero-order chi connectivity index (χ0) is 24.1. The third-order valence-corrected chi connectivity index (χ3v) is 8.40. The molecule has 1 aromatic carbocycles. The molecule has 2 amide bonds. The Morgan fingerprint density at radius 1 is 0.886 bits per heavy atom. The van der Waals surface area contributed by atoms with E-state index in [9.17, 15) is 9.59 Å². The van der Waals surface area contributed by atoms with Crippen molar-refractivity contribution < 1.29 is 9.59 Å². The highest BCUT2D eigenvalue weighted by molar-refractivity contribution is 5.76. The molecule has 1 fully saturated rings. The number of rotatable bonds is 2. The summed E-state index contributed by atoms with van der Waals surface area (Å²) < 4.78 is 2.32. The van der Waals surface area contributed by atoms with E-state index >= 15 is 0 Å². The summed E-state index contributed by atoms with van der Waals surface area (Å²) in [7, 11) is 0. The molecule has 6 rings (SSSR count). The zero-order valence-electron chi connectivity index (χ0n) is 21.0. The summed E-state index contributed by atoms with van der Waals surface area (Å²) in [5.74, 6) is 1.34. The Balaban J connectivity index is 1.41. The molecule has 0 saturated carbocycles. The molecule has 0 spiro atoms. The third-order valence-electron chi connectivity index (χ3n) is 8.40. The van der Waals surface area contributed by atoms with Gasteiger partial charge in [0, 0.05) is 63.4 Å².